The Morgan fingerprint density at radius 1 is 1.12 bits per heavy atom. The molecule has 1 aromatic heterocycles. The lowest BCUT2D eigenvalue weighted by Crippen LogP contribution is -2.30. The Hall–Kier alpha value is -3.06. The number of para-hydroxylation sites is 1. The Kier molecular flexibility index (Phi) is 5.38. The van der Waals surface area contributed by atoms with Crippen LogP contribution in [0, 0.1) is 15.9 Å². The second-order valence-electron chi connectivity index (χ2n) is 5.63. The van der Waals surface area contributed by atoms with Gasteiger partial charge in [-0.3, -0.25) is 14.9 Å². The third-order valence-electron chi connectivity index (χ3n) is 3.88. The molecule has 3 rings (SSSR count). The number of hydrogen-bond donors (Lipinski definition) is 1. The number of benzene rings is 2. The van der Waals surface area contributed by atoms with Crippen LogP contribution in [-0.4, -0.2) is 10.8 Å². The van der Waals surface area contributed by atoms with Crippen LogP contribution in [0.3, 0.4) is 0 Å². The molecule has 0 radical (unpaired) electrons. The van der Waals surface area contributed by atoms with Crippen LogP contribution in [0.2, 0.25) is 0 Å². The summed E-state index contributed by atoms with van der Waals surface area (Å²) in [6.07, 6.45) is -0.111. The van der Waals surface area contributed by atoms with Crippen molar-refractivity contribution in [3.8, 4) is 0 Å². The van der Waals surface area contributed by atoms with E-state index in [4.69, 9.17) is 0 Å². The van der Waals surface area contributed by atoms with E-state index in [2.05, 4.69) is 5.32 Å². The van der Waals surface area contributed by atoms with Crippen LogP contribution in [-0.2, 0) is 11.2 Å². The monoisotopic (exact) mass is 370 g/mol. The van der Waals surface area contributed by atoms with Gasteiger partial charge in [-0.05, 0) is 29.1 Å². The van der Waals surface area contributed by atoms with Gasteiger partial charge in [-0.15, -0.1) is 11.3 Å². The highest BCUT2D eigenvalue weighted by Gasteiger charge is 2.21. The van der Waals surface area contributed by atoms with Crippen LogP contribution in [0.4, 0.5) is 10.1 Å². The molecule has 5 nitrogen and oxygen atoms in total. The van der Waals surface area contributed by atoms with E-state index in [-0.39, 0.29) is 23.8 Å². The number of nitro benzene ring substituents is 1. The molecule has 0 spiro atoms. The molecular weight excluding hydrogens is 355 g/mol. The molecule has 1 N–H and O–H groups in total. The summed E-state index contributed by atoms with van der Waals surface area (Å²) in [4.78, 5) is 24.0. The number of halogens is 1. The topological polar surface area (TPSA) is 72.2 Å². The Morgan fingerprint density at radius 3 is 2.50 bits per heavy atom. The Balaban J connectivity index is 1.82. The lowest BCUT2D eigenvalue weighted by molar-refractivity contribution is -0.385. The van der Waals surface area contributed by atoms with Crippen LogP contribution in [0.1, 0.15) is 22.0 Å². The van der Waals surface area contributed by atoms with Gasteiger partial charge in [0.25, 0.3) is 5.69 Å². The summed E-state index contributed by atoms with van der Waals surface area (Å²) >= 11 is 1.47. The highest BCUT2D eigenvalue weighted by Crippen LogP contribution is 2.27. The molecule has 1 heterocycles. The lowest BCUT2D eigenvalue weighted by Gasteiger charge is -2.18. The number of carbonyl (C=O) groups excluding carboxylic acids is 1. The summed E-state index contributed by atoms with van der Waals surface area (Å²) in [5.74, 6) is -0.702. The van der Waals surface area contributed by atoms with Crippen molar-refractivity contribution in [2.75, 3.05) is 0 Å². The molecule has 0 fully saturated rings. The van der Waals surface area contributed by atoms with Crippen molar-refractivity contribution in [3.05, 3.63) is 98.0 Å². The van der Waals surface area contributed by atoms with Gasteiger partial charge in [0, 0.05) is 16.5 Å². The first-order valence-corrected chi connectivity index (χ1v) is 8.73. The molecule has 0 aliphatic heterocycles. The summed E-state index contributed by atoms with van der Waals surface area (Å²) in [5.41, 5.74) is 1.00. The maximum Gasteiger partial charge on any atom is 0.273 e. The molecule has 0 aliphatic rings. The molecular formula is C19H15FN2O3S. The van der Waals surface area contributed by atoms with Crippen LogP contribution >= 0.6 is 11.3 Å². The molecule has 0 bridgehead atoms. The number of amides is 1. The first-order chi connectivity index (χ1) is 12.5. The van der Waals surface area contributed by atoms with Crippen molar-refractivity contribution in [2.45, 2.75) is 12.5 Å². The fourth-order valence-electron chi connectivity index (χ4n) is 2.65. The van der Waals surface area contributed by atoms with Crippen molar-refractivity contribution >= 4 is 22.9 Å². The normalized spacial score (nSPS) is 11.7. The van der Waals surface area contributed by atoms with Gasteiger partial charge in [0.2, 0.25) is 5.91 Å². The Labute approximate surface area is 153 Å². The van der Waals surface area contributed by atoms with Gasteiger partial charge < -0.3 is 5.32 Å². The average Bonchev–Trinajstić information content (AvgIpc) is 3.15. The highest BCUT2D eigenvalue weighted by molar-refractivity contribution is 7.10. The van der Waals surface area contributed by atoms with Gasteiger partial charge in [0.1, 0.15) is 5.82 Å². The number of carbonyl (C=O) groups is 1. The molecule has 0 saturated heterocycles. The molecule has 7 heteroatoms. The average molecular weight is 370 g/mol. The van der Waals surface area contributed by atoms with Gasteiger partial charge in [0.05, 0.1) is 17.4 Å². The number of rotatable bonds is 6. The molecule has 3 aromatic rings. The predicted molar refractivity (Wildman–Crippen MR) is 97.5 cm³/mol. The van der Waals surface area contributed by atoms with E-state index in [1.165, 1.54) is 29.5 Å². The van der Waals surface area contributed by atoms with E-state index < -0.39 is 11.0 Å². The third-order valence-corrected chi connectivity index (χ3v) is 4.81. The summed E-state index contributed by atoms with van der Waals surface area (Å²) < 4.78 is 13.2. The Morgan fingerprint density at radius 2 is 1.85 bits per heavy atom. The zero-order valence-electron chi connectivity index (χ0n) is 13.6. The molecule has 2 aromatic carbocycles. The number of nitrogens with one attached hydrogen (secondary N) is 1. The van der Waals surface area contributed by atoms with E-state index >= 15 is 0 Å². The van der Waals surface area contributed by atoms with Gasteiger partial charge >= 0.3 is 0 Å². The van der Waals surface area contributed by atoms with E-state index in [0.717, 1.165) is 10.4 Å². The maximum absolute atomic E-state index is 13.2. The van der Waals surface area contributed by atoms with Crippen molar-refractivity contribution < 1.29 is 14.1 Å². The van der Waals surface area contributed by atoms with Crippen molar-refractivity contribution in [2.24, 2.45) is 0 Å². The second-order valence-corrected chi connectivity index (χ2v) is 6.61. The SMILES string of the molecule is O=C(Cc1ccccc1[N+](=O)[O-])NC(c1ccc(F)cc1)c1cccs1. The lowest BCUT2D eigenvalue weighted by atomic mass is 10.0. The van der Waals surface area contributed by atoms with Gasteiger partial charge in [0.15, 0.2) is 0 Å². The van der Waals surface area contributed by atoms with E-state index in [1.807, 2.05) is 17.5 Å². The van der Waals surface area contributed by atoms with Crippen molar-refractivity contribution in [3.63, 3.8) is 0 Å². The number of hydrogen-bond acceptors (Lipinski definition) is 4. The number of thiophene rings is 1. The largest absolute Gasteiger partial charge is 0.344 e. The molecule has 132 valence electrons. The molecule has 1 amide bonds. The van der Waals surface area contributed by atoms with Crippen LogP contribution < -0.4 is 5.32 Å². The first-order valence-electron chi connectivity index (χ1n) is 7.85. The van der Waals surface area contributed by atoms with E-state index in [0.29, 0.717) is 5.56 Å². The number of nitro groups is 1. The van der Waals surface area contributed by atoms with E-state index in [9.17, 15) is 19.3 Å². The van der Waals surface area contributed by atoms with Crippen molar-refractivity contribution in [1.29, 1.82) is 0 Å². The van der Waals surface area contributed by atoms with Crippen LogP contribution in [0.25, 0.3) is 0 Å². The first kappa shape index (κ1) is 17.8. The summed E-state index contributed by atoms with van der Waals surface area (Å²) in [6, 6.07) is 15.4. The van der Waals surface area contributed by atoms with Gasteiger partial charge in [-0.2, -0.15) is 0 Å². The zero-order chi connectivity index (χ0) is 18.5. The summed E-state index contributed by atoms with van der Waals surface area (Å²) in [7, 11) is 0. The minimum absolute atomic E-state index is 0.0860. The minimum atomic E-state index is -0.501. The standard InChI is InChI=1S/C19H15FN2O3S/c20-15-9-7-13(8-10-15)19(17-6-3-11-26-17)21-18(23)12-14-4-1-2-5-16(14)22(24)25/h1-11,19H,12H2,(H,21,23). The second kappa shape index (κ2) is 7.88. The van der Waals surface area contributed by atoms with Crippen LogP contribution in [0.5, 0.6) is 0 Å². The van der Waals surface area contributed by atoms with Crippen LogP contribution in [0.15, 0.2) is 66.0 Å². The fourth-order valence-corrected chi connectivity index (χ4v) is 3.46. The molecule has 0 aliphatic carbocycles. The molecule has 1 unspecified atom stereocenters. The number of nitrogens with zero attached hydrogens (tertiary/aromatic N) is 1. The highest BCUT2D eigenvalue weighted by atomic mass is 32.1. The van der Waals surface area contributed by atoms with Gasteiger partial charge in [-0.25, -0.2) is 4.39 Å². The Bertz CT molecular complexity index is 911. The zero-order valence-corrected chi connectivity index (χ0v) is 14.4. The summed E-state index contributed by atoms with van der Waals surface area (Å²) in [6.45, 7) is 0. The third kappa shape index (κ3) is 4.12. The van der Waals surface area contributed by atoms with E-state index in [1.54, 1.807) is 30.3 Å². The quantitative estimate of drug-likeness (QED) is 0.521. The fraction of sp³-hybridized carbons (Fsp3) is 0.105. The minimum Gasteiger partial charge on any atom is -0.344 e. The predicted octanol–water partition coefficient (Wildman–Crippen LogP) is 4.24. The maximum atomic E-state index is 13.2. The molecule has 1 atom stereocenters. The van der Waals surface area contributed by atoms with Crippen molar-refractivity contribution in [1.82, 2.24) is 5.32 Å². The summed E-state index contributed by atoms with van der Waals surface area (Å²) in [5, 5.41) is 15.9. The van der Waals surface area contributed by atoms with Gasteiger partial charge in [-0.1, -0.05) is 36.4 Å². The molecule has 26 heavy (non-hydrogen) atoms. The smallest absolute Gasteiger partial charge is 0.273 e. The molecule has 0 saturated carbocycles.